The highest BCUT2D eigenvalue weighted by Crippen LogP contribution is 2.39. The zero-order valence-corrected chi connectivity index (χ0v) is 17.6. The Morgan fingerprint density at radius 2 is 1.69 bits per heavy atom. The Morgan fingerprint density at radius 1 is 1.00 bits per heavy atom. The molecule has 3 nitrogen and oxygen atoms in total. The lowest BCUT2D eigenvalue weighted by atomic mass is 9.86. The van der Waals surface area contributed by atoms with Crippen LogP contribution in [0.5, 0.6) is 0 Å². The molecule has 3 aromatic rings. The van der Waals surface area contributed by atoms with Crippen molar-refractivity contribution in [1.82, 2.24) is 9.97 Å². The van der Waals surface area contributed by atoms with Gasteiger partial charge in [0.2, 0.25) is 0 Å². The molecule has 0 aliphatic heterocycles. The number of carbonyl (C=O) groups excluding carboxylic acids is 1. The highest BCUT2D eigenvalue weighted by molar-refractivity contribution is 7.09. The second-order valence-electron chi connectivity index (χ2n) is 7.21. The molecule has 0 spiro atoms. The van der Waals surface area contributed by atoms with Crippen LogP contribution in [0.4, 0.5) is 26.3 Å². The summed E-state index contributed by atoms with van der Waals surface area (Å²) < 4.78 is 79.5. The van der Waals surface area contributed by atoms with Gasteiger partial charge in [0.05, 0.1) is 28.0 Å². The number of Topliss-reactive ketones (excluding diaryl/α,β-unsaturated/α-hetero) is 1. The van der Waals surface area contributed by atoms with Gasteiger partial charge in [0, 0.05) is 29.8 Å². The highest BCUT2D eigenvalue weighted by Gasteiger charge is 2.37. The van der Waals surface area contributed by atoms with Gasteiger partial charge in [-0.1, -0.05) is 12.1 Å². The molecule has 0 fully saturated rings. The van der Waals surface area contributed by atoms with Gasteiger partial charge < -0.3 is 0 Å². The quantitative estimate of drug-likeness (QED) is 0.364. The van der Waals surface area contributed by atoms with Crippen LogP contribution >= 0.6 is 11.3 Å². The average molecular weight is 472 g/mol. The molecule has 1 aromatic carbocycles. The Labute approximate surface area is 184 Å². The van der Waals surface area contributed by atoms with Crippen LogP contribution in [0.25, 0.3) is 0 Å². The van der Waals surface area contributed by atoms with E-state index < -0.39 is 29.4 Å². The minimum atomic E-state index is -4.73. The topological polar surface area (TPSA) is 42.9 Å². The smallest absolute Gasteiger partial charge is 0.300 e. The van der Waals surface area contributed by atoms with Crippen molar-refractivity contribution < 1.29 is 31.1 Å². The molecule has 10 heteroatoms. The summed E-state index contributed by atoms with van der Waals surface area (Å²) in [5.41, 5.74) is 0.252. The predicted molar refractivity (Wildman–Crippen MR) is 107 cm³/mol. The van der Waals surface area contributed by atoms with Gasteiger partial charge in [-0.2, -0.15) is 26.3 Å². The zero-order chi connectivity index (χ0) is 23.5. The first-order valence-electron chi connectivity index (χ1n) is 9.56. The van der Waals surface area contributed by atoms with Crippen LogP contribution in [0.3, 0.4) is 0 Å². The summed E-state index contributed by atoms with van der Waals surface area (Å²) in [4.78, 5) is 21.6. The minimum Gasteiger partial charge on any atom is -0.300 e. The van der Waals surface area contributed by atoms with E-state index in [4.69, 9.17) is 0 Å². The number of thiazole rings is 1. The van der Waals surface area contributed by atoms with E-state index in [0.29, 0.717) is 6.42 Å². The van der Waals surface area contributed by atoms with Crippen molar-refractivity contribution in [3.63, 3.8) is 0 Å². The molecule has 0 bridgehead atoms. The summed E-state index contributed by atoms with van der Waals surface area (Å²) in [5.74, 6) is -1.45. The normalized spacial score (nSPS) is 13.2. The molecule has 0 amide bonds. The Morgan fingerprint density at radius 3 is 2.25 bits per heavy atom. The molecule has 0 saturated carbocycles. The van der Waals surface area contributed by atoms with Gasteiger partial charge in [0.15, 0.2) is 0 Å². The lowest BCUT2D eigenvalue weighted by molar-refractivity contribution is -0.139. The monoisotopic (exact) mass is 472 g/mol. The first-order chi connectivity index (χ1) is 15.0. The maximum Gasteiger partial charge on any atom is 0.418 e. The van der Waals surface area contributed by atoms with Crippen LogP contribution in [0, 0.1) is 6.92 Å². The first kappa shape index (κ1) is 23.9. The molecule has 0 N–H and O–H groups in total. The molecule has 3 rings (SSSR count). The number of pyridine rings is 1. The van der Waals surface area contributed by atoms with Crippen molar-refractivity contribution in [2.45, 2.75) is 44.5 Å². The fourth-order valence-electron chi connectivity index (χ4n) is 3.36. The van der Waals surface area contributed by atoms with Crippen LogP contribution in [-0.4, -0.2) is 15.8 Å². The second-order valence-corrected chi connectivity index (χ2v) is 8.15. The van der Waals surface area contributed by atoms with Gasteiger partial charge in [0.25, 0.3) is 0 Å². The van der Waals surface area contributed by atoms with Crippen LogP contribution in [0.1, 0.15) is 51.7 Å². The van der Waals surface area contributed by atoms with Crippen molar-refractivity contribution in [2.24, 2.45) is 0 Å². The van der Waals surface area contributed by atoms with E-state index in [9.17, 15) is 31.1 Å². The molecule has 0 aliphatic rings. The zero-order valence-electron chi connectivity index (χ0n) is 16.8. The molecular weight excluding hydrogens is 454 g/mol. The number of benzene rings is 1. The molecule has 0 saturated heterocycles. The molecular formula is C22H18F6N2OS. The number of aryl methyl sites for hydroxylation is 2. The largest absolute Gasteiger partial charge is 0.418 e. The summed E-state index contributed by atoms with van der Waals surface area (Å²) in [7, 11) is 0. The third kappa shape index (κ3) is 5.73. The summed E-state index contributed by atoms with van der Waals surface area (Å²) in [6.45, 7) is 1.80. The van der Waals surface area contributed by atoms with E-state index >= 15 is 0 Å². The molecule has 0 radical (unpaired) electrons. The fraction of sp³-hybridized carbons (Fsp3) is 0.318. The number of hydrogen-bond acceptors (Lipinski definition) is 4. The van der Waals surface area contributed by atoms with Gasteiger partial charge >= 0.3 is 12.4 Å². The van der Waals surface area contributed by atoms with Crippen molar-refractivity contribution in [3.8, 4) is 0 Å². The maximum atomic E-state index is 13.6. The first-order valence-corrected chi connectivity index (χ1v) is 10.4. The van der Waals surface area contributed by atoms with Gasteiger partial charge in [-0.05, 0) is 43.2 Å². The Kier molecular flexibility index (Phi) is 7.02. The van der Waals surface area contributed by atoms with E-state index in [1.807, 2.05) is 0 Å². The standard InChI is InChI=1S/C22H18F6N2OS/c1-13-19(32-12-30-13)9-8-16(31)11-17(14-4-6-15(7-5-14)21(23,24)25)20-18(22(26,27)28)3-2-10-29-20/h2-7,10,12,17H,8-9,11H2,1H3/t17-/m0/s1. The van der Waals surface area contributed by atoms with E-state index in [2.05, 4.69) is 9.97 Å². The third-order valence-corrected chi connectivity index (χ3v) is 6.02. The summed E-state index contributed by atoms with van der Waals surface area (Å²) in [5, 5.41) is 0. The number of aromatic nitrogens is 2. The molecule has 0 unspecified atom stereocenters. The fourth-order valence-corrected chi connectivity index (χ4v) is 4.14. The van der Waals surface area contributed by atoms with Crippen molar-refractivity contribution in [1.29, 1.82) is 0 Å². The SMILES string of the molecule is Cc1ncsc1CCC(=O)C[C@@H](c1ccc(C(F)(F)F)cc1)c1ncccc1C(F)(F)F. The summed E-state index contributed by atoms with van der Waals surface area (Å²) in [6, 6.07) is 5.77. The van der Waals surface area contributed by atoms with E-state index in [0.717, 1.165) is 47.0 Å². The lowest BCUT2D eigenvalue weighted by Crippen LogP contribution is -2.17. The highest BCUT2D eigenvalue weighted by atomic mass is 32.1. The predicted octanol–water partition coefficient (Wildman–Crippen LogP) is 6.61. The molecule has 2 heterocycles. The minimum absolute atomic E-state index is 0.0777. The number of carbonyl (C=O) groups is 1. The molecule has 32 heavy (non-hydrogen) atoms. The van der Waals surface area contributed by atoms with E-state index in [1.54, 1.807) is 12.4 Å². The number of alkyl halides is 6. The number of ketones is 1. The Hall–Kier alpha value is -2.75. The van der Waals surface area contributed by atoms with Gasteiger partial charge in [-0.15, -0.1) is 11.3 Å². The molecule has 2 aromatic heterocycles. The van der Waals surface area contributed by atoms with E-state index in [-0.39, 0.29) is 29.9 Å². The average Bonchev–Trinajstić information content (AvgIpc) is 3.14. The van der Waals surface area contributed by atoms with Gasteiger partial charge in [-0.25, -0.2) is 4.98 Å². The summed E-state index contributed by atoms with van der Waals surface area (Å²) in [6.07, 6.45) is -7.98. The summed E-state index contributed by atoms with van der Waals surface area (Å²) >= 11 is 1.38. The number of rotatable bonds is 7. The van der Waals surface area contributed by atoms with Crippen molar-refractivity contribution in [3.05, 3.63) is 81.1 Å². The van der Waals surface area contributed by atoms with E-state index in [1.165, 1.54) is 17.5 Å². The maximum absolute atomic E-state index is 13.6. The second kappa shape index (κ2) is 9.40. The molecule has 170 valence electrons. The van der Waals surface area contributed by atoms with Crippen LogP contribution in [0.2, 0.25) is 0 Å². The Bertz CT molecular complexity index is 1070. The lowest BCUT2D eigenvalue weighted by Gasteiger charge is -2.21. The number of hydrogen-bond donors (Lipinski definition) is 0. The number of halogens is 6. The third-order valence-electron chi connectivity index (χ3n) is 5.02. The van der Waals surface area contributed by atoms with Crippen molar-refractivity contribution in [2.75, 3.05) is 0 Å². The van der Waals surface area contributed by atoms with Crippen LogP contribution < -0.4 is 0 Å². The Balaban J connectivity index is 1.93. The molecule has 1 atom stereocenters. The number of nitrogens with zero attached hydrogens (tertiary/aromatic N) is 2. The van der Waals surface area contributed by atoms with Crippen LogP contribution in [0.15, 0.2) is 48.1 Å². The van der Waals surface area contributed by atoms with Gasteiger partial charge in [-0.3, -0.25) is 9.78 Å². The molecule has 0 aliphatic carbocycles. The van der Waals surface area contributed by atoms with Gasteiger partial charge in [0.1, 0.15) is 5.78 Å². The van der Waals surface area contributed by atoms with Crippen LogP contribution in [-0.2, 0) is 23.6 Å². The van der Waals surface area contributed by atoms with Crippen molar-refractivity contribution >= 4 is 17.1 Å².